The van der Waals surface area contributed by atoms with Crippen molar-refractivity contribution in [2.45, 2.75) is 30.6 Å². The van der Waals surface area contributed by atoms with Gasteiger partial charge >= 0.3 is 0 Å². The Hall–Kier alpha value is -2.03. The summed E-state index contributed by atoms with van der Waals surface area (Å²) >= 11 is 5.29. The summed E-state index contributed by atoms with van der Waals surface area (Å²) in [5, 5.41) is 6.71. The first kappa shape index (κ1) is 19.7. The van der Waals surface area contributed by atoms with Crippen LogP contribution in [0.25, 0.3) is 0 Å². The molecule has 0 spiro atoms. The van der Waals surface area contributed by atoms with Crippen LogP contribution in [0.2, 0.25) is 0 Å². The van der Waals surface area contributed by atoms with Crippen molar-refractivity contribution < 1.29 is 8.42 Å². The molecule has 1 aliphatic rings. The maximum absolute atomic E-state index is 12.7. The second kappa shape index (κ2) is 9.25. The number of thiocarbonyl (C=S) groups is 1. The molecule has 0 radical (unpaired) electrons. The fraction of sp³-hybridized carbons (Fsp3) is 0.368. The van der Waals surface area contributed by atoms with E-state index in [0.717, 1.165) is 37.1 Å². The van der Waals surface area contributed by atoms with Crippen molar-refractivity contribution in [3.05, 3.63) is 54.4 Å². The van der Waals surface area contributed by atoms with Crippen LogP contribution in [-0.2, 0) is 16.4 Å². The Morgan fingerprint density at radius 2 is 1.81 bits per heavy atom. The van der Waals surface area contributed by atoms with Gasteiger partial charge in [-0.1, -0.05) is 12.5 Å². The normalized spacial score (nSPS) is 15.3. The molecule has 0 atom stereocenters. The molecule has 2 N–H and O–H groups in total. The minimum absolute atomic E-state index is 0.323. The summed E-state index contributed by atoms with van der Waals surface area (Å²) in [7, 11) is -3.40. The summed E-state index contributed by atoms with van der Waals surface area (Å²) in [6.07, 6.45) is 5.50. The van der Waals surface area contributed by atoms with Crippen LogP contribution in [0.1, 0.15) is 25.0 Å². The number of pyridine rings is 1. The zero-order valence-corrected chi connectivity index (χ0v) is 16.7. The summed E-state index contributed by atoms with van der Waals surface area (Å²) in [5.74, 6) is 0. The summed E-state index contributed by atoms with van der Waals surface area (Å²) in [4.78, 5) is 4.59. The number of hydrogen-bond acceptors (Lipinski definition) is 4. The summed E-state index contributed by atoms with van der Waals surface area (Å²) in [6, 6.07) is 12.6. The van der Waals surface area contributed by atoms with Crippen molar-refractivity contribution >= 4 is 33.0 Å². The maximum Gasteiger partial charge on any atom is 0.243 e. The SMILES string of the molecule is O=S(=O)(c1ccc(NC(=S)NCCc2ccccn2)cc1)N1CCCCC1. The predicted octanol–water partition coefficient (Wildman–Crippen LogP) is 2.79. The van der Waals surface area contributed by atoms with Gasteiger partial charge in [-0.3, -0.25) is 4.98 Å². The van der Waals surface area contributed by atoms with E-state index in [1.807, 2.05) is 18.2 Å². The molecule has 0 unspecified atom stereocenters. The van der Waals surface area contributed by atoms with E-state index in [-0.39, 0.29) is 0 Å². The second-order valence-corrected chi connectivity index (χ2v) is 8.79. The van der Waals surface area contributed by atoms with Crippen molar-refractivity contribution in [1.82, 2.24) is 14.6 Å². The van der Waals surface area contributed by atoms with E-state index in [1.54, 1.807) is 34.8 Å². The lowest BCUT2D eigenvalue weighted by molar-refractivity contribution is 0.346. The quantitative estimate of drug-likeness (QED) is 0.721. The van der Waals surface area contributed by atoms with E-state index in [0.29, 0.717) is 29.6 Å². The molecule has 0 amide bonds. The Morgan fingerprint density at radius 3 is 2.48 bits per heavy atom. The van der Waals surface area contributed by atoms with E-state index in [9.17, 15) is 8.42 Å². The standard InChI is InChI=1S/C19H24N4O2S2/c24-27(25,23-14-4-1-5-15-23)18-9-7-17(8-10-18)22-19(26)21-13-11-16-6-2-3-12-20-16/h2-3,6-10,12H,1,4-5,11,13-15H2,(H2,21,22,26). The van der Waals surface area contributed by atoms with Crippen LogP contribution in [0.4, 0.5) is 5.69 Å². The Kier molecular flexibility index (Phi) is 6.76. The van der Waals surface area contributed by atoms with Crippen molar-refractivity contribution in [2.75, 3.05) is 25.0 Å². The number of piperidine rings is 1. The number of nitrogens with zero attached hydrogens (tertiary/aromatic N) is 2. The minimum atomic E-state index is -3.40. The first-order chi connectivity index (χ1) is 13.1. The number of nitrogens with one attached hydrogen (secondary N) is 2. The minimum Gasteiger partial charge on any atom is -0.362 e. The molecule has 0 bridgehead atoms. The van der Waals surface area contributed by atoms with Crippen LogP contribution in [-0.4, -0.2) is 42.5 Å². The average Bonchev–Trinajstić information content (AvgIpc) is 2.70. The summed E-state index contributed by atoms with van der Waals surface area (Å²) in [6.45, 7) is 1.88. The van der Waals surface area contributed by atoms with Gasteiger partial charge in [0.15, 0.2) is 5.11 Å². The smallest absolute Gasteiger partial charge is 0.243 e. The fourth-order valence-electron chi connectivity index (χ4n) is 2.99. The lowest BCUT2D eigenvalue weighted by atomic mass is 10.2. The van der Waals surface area contributed by atoms with Crippen molar-refractivity contribution in [2.24, 2.45) is 0 Å². The number of sulfonamides is 1. The van der Waals surface area contributed by atoms with Crippen LogP contribution < -0.4 is 10.6 Å². The van der Waals surface area contributed by atoms with Crippen molar-refractivity contribution in [1.29, 1.82) is 0 Å². The first-order valence-corrected chi connectivity index (χ1v) is 11.0. The number of anilines is 1. The van der Waals surface area contributed by atoms with E-state index in [4.69, 9.17) is 12.2 Å². The third-order valence-corrected chi connectivity index (χ3v) is 6.62. The Labute approximate surface area is 166 Å². The zero-order chi connectivity index (χ0) is 19.1. The van der Waals surface area contributed by atoms with Crippen molar-refractivity contribution in [3.8, 4) is 0 Å². The van der Waals surface area contributed by atoms with Gasteiger partial charge in [-0.15, -0.1) is 0 Å². The molecule has 1 saturated heterocycles. The van der Waals surface area contributed by atoms with Gasteiger partial charge in [0.1, 0.15) is 0 Å². The van der Waals surface area contributed by atoms with Crippen molar-refractivity contribution in [3.63, 3.8) is 0 Å². The van der Waals surface area contributed by atoms with E-state index in [2.05, 4.69) is 15.6 Å². The molecule has 1 aromatic carbocycles. The fourth-order valence-corrected chi connectivity index (χ4v) is 4.73. The molecule has 1 aliphatic heterocycles. The molecule has 1 aromatic heterocycles. The molecule has 8 heteroatoms. The number of hydrogen-bond donors (Lipinski definition) is 2. The molecule has 3 rings (SSSR count). The summed E-state index contributed by atoms with van der Waals surface area (Å²) < 4.78 is 26.9. The lowest BCUT2D eigenvalue weighted by Gasteiger charge is -2.25. The van der Waals surface area contributed by atoms with Crippen LogP contribution in [0.15, 0.2) is 53.6 Å². The highest BCUT2D eigenvalue weighted by Crippen LogP contribution is 2.21. The van der Waals surface area contributed by atoms with Crippen LogP contribution in [0, 0.1) is 0 Å². The predicted molar refractivity (Wildman–Crippen MR) is 111 cm³/mol. The molecular weight excluding hydrogens is 380 g/mol. The van der Waals surface area contributed by atoms with Gasteiger partial charge in [0, 0.05) is 43.6 Å². The van der Waals surface area contributed by atoms with Gasteiger partial charge < -0.3 is 10.6 Å². The molecule has 144 valence electrons. The highest BCUT2D eigenvalue weighted by atomic mass is 32.2. The topological polar surface area (TPSA) is 74.3 Å². The largest absolute Gasteiger partial charge is 0.362 e. The van der Waals surface area contributed by atoms with Gasteiger partial charge in [0.05, 0.1) is 4.90 Å². The number of rotatable bonds is 6. The summed E-state index contributed by atoms with van der Waals surface area (Å²) in [5.41, 5.74) is 1.75. The van der Waals surface area contributed by atoms with Crippen LogP contribution in [0.3, 0.4) is 0 Å². The Balaban J connectivity index is 1.51. The molecule has 0 saturated carbocycles. The molecular formula is C19H24N4O2S2. The number of benzene rings is 1. The molecule has 2 aromatic rings. The van der Waals surface area contributed by atoms with Crippen LogP contribution >= 0.6 is 12.2 Å². The highest BCUT2D eigenvalue weighted by Gasteiger charge is 2.25. The molecule has 6 nitrogen and oxygen atoms in total. The zero-order valence-electron chi connectivity index (χ0n) is 15.1. The van der Waals surface area contributed by atoms with E-state index < -0.39 is 10.0 Å². The average molecular weight is 405 g/mol. The van der Waals surface area contributed by atoms with Gasteiger partial charge in [-0.2, -0.15) is 4.31 Å². The first-order valence-electron chi connectivity index (χ1n) is 9.11. The second-order valence-electron chi connectivity index (χ2n) is 6.44. The van der Waals surface area contributed by atoms with E-state index in [1.165, 1.54) is 0 Å². The monoisotopic (exact) mass is 404 g/mol. The van der Waals surface area contributed by atoms with Crippen LogP contribution in [0.5, 0.6) is 0 Å². The maximum atomic E-state index is 12.7. The van der Waals surface area contributed by atoms with Gasteiger partial charge in [0.25, 0.3) is 0 Å². The molecule has 27 heavy (non-hydrogen) atoms. The lowest BCUT2D eigenvalue weighted by Crippen LogP contribution is -2.35. The third-order valence-electron chi connectivity index (χ3n) is 4.46. The highest BCUT2D eigenvalue weighted by molar-refractivity contribution is 7.89. The van der Waals surface area contributed by atoms with Gasteiger partial charge in [-0.25, -0.2) is 8.42 Å². The Bertz CT molecular complexity index is 849. The van der Waals surface area contributed by atoms with Gasteiger partial charge in [0.2, 0.25) is 10.0 Å². The van der Waals surface area contributed by atoms with Gasteiger partial charge in [-0.05, 0) is 61.5 Å². The van der Waals surface area contributed by atoms with E-state index >= 15 is 0 Å². The molecule has 2 heterocycles. The molecule has 0 aliphatic carbocycles. The third kappa shape index (κ3) is 5.47. The number of aromatic nitrogens is 1. The Morgan fingerprint density at radius 1 is 1.07 bits per heavy atom. The molecule has 1 fully saturated rings.